The lowest BCUT2D eigenvalue weighted by atomic mass is 10.0. The van der Waals surface area contributed by atoms with Crippen LogP contribution in [0.15, 0.2) is 69.9 Å². The first-order valence-electron chi connectivity index (χ1n) is 12.3. The number of para-hydroxylation sites is 1. The number of rotatable bonds is 4. The maximum absolute atomic E-state index is 13.1. The number of carbonyl (C=O) groups excluding carboxylic acids is 1. The zero-order valence-electron chi connectivity index (χ0n) is 19.6. The summed E-state index contributed by atoms with van der Waals surface area (Å²) in [5, 5.41) is 5.88. The summed E-state index contributed by atoms with van der Waals surface area (Å²) in [4.78, 5) is 27.4. The predicted molar refractivity (Wildman–Crippen MR) is 145 cm³/mol. The molecular formula is C29H24N2O4S. The Labute approximate surface area is 211 Å². The summed E-state index contributed by atoms with van der Waals surface area (Å²) >= 11 is 1.71. The highest BCUT2D eigenvalue weighted by Gasteiger charge is 2.29. The molecule has 0 bridgehead atoms. The Bertz CT molecular complexity index is 1710. The van der Waals surface area contributed by atoms with E-state index in [2.05, 4.69) is 34.5 Å². The number of carbonyl (C=O) groups is 1. The summed E-state index contributed by atoms with van der Waals surface area (Å²) in [7, 11) is 0. The fourth-order valence-electron chi connectivity index (χ4n) is 4.99. The third kappa shape index (κ3) is 3.67. The predicted octanol–water partition coefficient (Wildman–Crippen LogP) is 6.01. The standard InChI is InChI=1S/C29H24N2O4S/c32-24-16-26(31-11-13-34-14-12-31)35-27-19(3-1-6-22(24)27)20-4-2-5-21-23-15-18(30-29(33)17-7-8-17)9-10-25(23)36-28(20)21/h1-6,9-10,15-17H,7-8,11-14H2,(H,30,33). The molecule has 1 saturated heterocycles. The summed E-state index contributed by atoms with van der Waals surface area (Å²) in [6.07, 6.45) is 1.96. The van der Waals surface area contributed by atoms with Crippen molar-refractivity contribution in [1.82, 2.24) is 0 Å². The molecule has 5 aromatic rings. The number of anilines is 2. The lowest BCUT2D eigenvalue weighted by molar-refractivity contribution is -0.117. The minimum absolute atomic E-state index is 0.0425. The van der Waals surface area contributed by atoms with Gasteiger partial charge in [0.15, 0.2) is 11.3 Å². The number of ether oxygens (including phenoxy) is 1. The van der Waals surface area contributed by atoms with Gasteiger partial charge in [0.2, 0.25) is 5.91 Å². The molecule has 3 aromatic carbocycles. The van der Waals surface area contributed by atoms with E-state index in [1.54, 1.807) is 17.4 Å². The molecule has 180 valence electrons. The monoisotopic (exact) mass is 496 g/mol. The van der Waals surface area contributed by atoms with Crippen molar-refractivity contribution >= 4 is 60.0 Å². The molecule has 1 amide bonds. The van der Waals surface area contributed by atoms with Crippen molar-refractivity contribution in [2.45, 2.75) is 12.8 Å². The highest BCUT2D eigenvalue weighted by molar-refractivity contribution is 7.26. The molecule has 2 fully saturated rings. The van der Waals surface area contributed by atoms with E-state index in [0.29, 0.717) is 43.2 Å². The van der Waals surface area contributed by atoms with Crippen LogP contribution in [-0.4, -0.2) is 32.2 Å². The summed E-state index contributed by atoms with van der Waals surface area (Å²) in [5.74, 6) is 0.856. The lowest BCUT2D eigenvalue weighted by Crippen LogP contribution is -2.36. The molecule has 3 heterocycles. The van der Waals surface area contributed by atoms with E-state index in [1.165, 1.54) is 0 Å². The molecule has 0 radical (unpaired) electrons. The number of hydrogen-bond donors (Lipinski definition) is 1. The quantitative estimate of drug-likeness (QED) is 0.330. The molecule has 2 aromatic heterocycles. The maximum Gasteiger partial charge on any atom is 0.227 e. The molecule has 36 heavy (non-hydrogen) atoms. The smallest absolute Gasteiger partial charge is 0.227 e. The normalized spacial score (nSPS) is 16.2. The second-order valence-corrected chi connectivity index (χ2v) is 10.5. The third-order valence-corrected chi connectivity index (χ3v) is 8.29. The Kier molecular flexibility index (Phi) is 5.08. The molecule has 1 aliphatic carbocycles. The zero-order valence-corrected chi connectivity index (χ0v) is 20.4. The summed E-state index contributed by atoms with van der Waals surface area (Å²) in [5.41, 5.74) is 3.33. The Balaban J connectivity index is 1.38. The molecule has 1 saturated carbocycles. The fraction of sp³-hybridized carbons (Fsp3) is 0.241. The first-order valence-corrected chi connectivity index (χ1v) is 13.1. The van der Waals surface area contributed by atoms with E-state index in [1.807, 2.05) is 30.3 Å². The van der Waals surface area contributed by atoms with Crippen LogP contribution in [0, 0.1) is 5.92 Å². The van der Waals surface area contributed by atoms with Crippen molar-refractivity contribution in [1.29, 1.82) is 0 Å². The zero-order chi connectivity index (χ0) is 24.2. The van der Waals surface area contributed by atoms with Gasteiger partial charge in [-0.05, 0) is 37.1 Å². The average molecular weight is 497 g/mol. The third-order valence-electron chi connectivity index (χ3n) is 7.07. The first kappa shape index (κ1) is 21.6. The van der Waals surface area contributed by atoms with Crippen molar-refractivity contribution in [3.8, 4) is 11.1 Å². The first-order chi connectivity index (χ1) is 17.7. The largest absolute Gasteiger partial charge is 0.440 e. The number of nitrogens with one attached hydrogen (secondary N) is 1. The van der Waals surface area contributed by atoms with Crippen LogP contribution in [0.4, 0.5) is 11.6 Å². The van der Waals surface area contributed by atoms with Gasteiger partial charge in [-0.3, -0.25) is 9.59 Å². The van der Waals surface area contributed by atoms with Gasteiger partial charge in [0.05, 0.1) is 18.6 Å². The lowest BCUT2D eigenvalue weighted by Gasteiger charge is -2.27. The van der Waals surface area contributed by atoms with E-state index < -0.39 is 0 Å². The number of fused-ring (bicyclic) bond motifs is 4. The van der Waals surface area contributed by atoms with E-state index >= 15 is 0 Å². The number of benzene rings is 3. The second-order valence-electron chi connectivity index (χ2n) is 9.49. The molecule has 1 N–H and O–H groups in total. The highest BCUT2D eigenvalue weighted by atomic mass is 32.1. The molecule has 0 unspecified atom stereocenters. The highest BCUT2D eigenvalue weighted by Crippen LogP contribution is 2.42. The van der Waals surface area contributed by atoms with E-state index in [4.69, 9.17) is 9.15 Å². The van der Waals surface area contributed by atoms with Crippen molar-refractivity contribution in [2.75, 3.05) is 36.5 Å². The van der Waals surface area contributed by atoms with Crippen LogP contribution in [0.25, 0.3) is 42.3 Å². The van der Waals surface area contributed by atoms with E-state index in [9.17, 15) is 9.59 Å². The molecule has 6 nitrogen and oxygen atoms in total. The topological polar surface area (TPSA) is 71.8 Å². The van der Waals surface area contributed by atoms with Crippen LogP contribution in [0.5, 0.6) is 0 Å². The number of nitrogens with zero attached hydrogens (tertiary/aromatic N) is 1. The van der Waals surface area contributed by atoms with Gasteiger partial charge in [-0.1, -0.05) is 30.3 Å². The SMILES string of the molecule is O=C(Nc1ccc2sc3c(-c4cccc5c(=O)cc(N6CCOCC6)oc45)cccc3c2c1)C1CC1. The van der Waals surface area contributed by atoms with Gasteiger partial charge in [-0.2, -0.15) is 0 Å². The van der Waals surface area contributed by atoms with E-state index in [0.717, 1.165) is 49.8 Å². The Hall–Kier alpha value is -3.68. The van der Waals surface area contributed by atoms with Gasteiger partial charge in [-0.15, -0.1) is 11.3 Å². The maximum atomic E-state index is 13.1. The summed E-state index contributed by atoms with van der Waals surface area (Å²) in [6.45, 7) is 2.63. The van der Waals surface area contributed by atoms with Crippen LogP contribution < -0.4 is 15.6 Å². The van der Waals surface area contributed by atoms with Crippen LogP contribution in [0.3, 0.4) is 0 Å². The van der Waals surface area contributed by atoms with Crippen LogP contribution >= 0.6 is 11.3 Å². The number of thiophene rings is 1. The van der Waals surface area contributed by atoms with Crippen molar-refractivity contribution in [2.24, 2.45) is 5.92 Å². The fourth-order valence-corrected chi connectivity index (χ4v) is 6.21. The van der Waals surface area contributed by atoms with Gasteiger partial charge >= 0.3 is 0 Å². The average Bonchev–Trinajstić information content (AvgIpc) is 3.70. The van der Waals surface area contributed by atoms with Gasteiger partial charge in [0, 0.05) is 62.1 Å². The van der Waals surface area contributed by atoms with Crippen molar-refractivity contribution < 1.29 is 13.9 Å². The second kappa shape index (κ2) is 8.47. The number of morpholine rings is 1. The van der Waals surface area contributed by atoms with Crippen LogP contribution in [-0.2, 0) is 9.53 Å². The Morgan fingerprint density at radius 1 is 0.917 bits per heavy atom. The Morgan fingerprint density at radius 2 is 1.69 bits per heavy atom. The number of amides is 1. The van der Waals surface area contributed by atoms with E-state index in [-0.39, 0.29) is 17.3 Å². The van der Waals surface area contributed by atoms with Gasteiger partial charge in [0.1, 0.15) is 5.58 Å². The number of hydrogen-bond acceptors (Lipinski definition) is 6. The van der Waals surface area contributed by atoms with Gasteiger partial charge in [0.25, 0.3) is 0 Å². The van der Waals surface area contributed by atoms with Crippen molar-refractivity contribution in [3.63, 3.8) is 0 Å². The minimum atomic E-state index is -0.0425. The molecular weight excluding hydrogens is 472 g/mol. The van der Waals surface area contributed by atoms with Crippen LogP contribution in [0.2, 0.25) is 0 Å². The molecule has 0 spiro atoms. The van der Waals surface area contributed by atoms with Gasteiger partial charge in [-0.25, -0.2) is 0 Å². The van der Waals surface area contributed by atoms with Crippen molar-refractivity contribution in [3.05, 3.63) is 70.9 Å². The molecule has 2 aliphatic rings. The molecule has 7 rings (SSSR count). The van der Waals surface area contributed by atoms with Crippen LogP contribution in [0.1, 0.15) is 12.8 Å². The Morgan fingerprint density at radius 3 is 2.50 bits per heavy atom. The summed E-state index contributed by atoms with van der Waals surface area (Å²) in [6, 6.07) is 19.7. The summed E-state index contributed by atoms with van der Waals surface area (Å²) < 4.78 is 14.2. The van der Waals surface area contributed by atoms with Gasteiger partial charge < -0.3 is 19.4 Å². The molecule has 7 heteroatoms. The molecule has 0 atom stereocenters. The molecule has 1 aliphatic heterocycles. The minimum Gasteiger partial charge on any atom is -0.440 e.